The van der Waals surface area contributed by atoms with Crippen LogP contribution in [0.3, 0.4) is 0 Å². The van der Waals surface area contributed by atoms with Crippen molar-refractivity contribution in [2.24, 2.45) is 0 Å². The topological polar surface area (TPSA) is 23.6 Å². The van der Waals surface area contributed by atoms with Gasteiger partial charge in [-0.25, -0.2) is 0 Å². The molecule has 76 valence electrons. The van der Waals surface area contributed by atoms with E-state index in [4.69, 9.17) is 0 Å². The molecule has 15 heavy (non-hydrogen) atoms. The molecular formula is C12H12N2O. The smallest absolute Gasteiger partial charge is 0.181 e. The zero-order valence-electron chi connectivity index (χ0n) is 8.77. The van der Waals surface area contributed by atoms with E-state index in [0.717, 1.165) is 11.5 Å². The van der Waals surface area contributed by atoms with Crippen molar-refractivity contribution in [3.63, 3.8) is 0 Å². The third-order valence-electron chi connectivity index (χ3n) is 3.16. The summed E-state index contributed by atoms with van der Waals surface area (Å²) in [5.74, 6) is 1.18. The van der Waals surface area contributed by atoms with E-state index in [-0.39, 0.29) is 11.8 Å². The Kier molecular flexibility index (Phi) is 1.49. The lowest BCUT2D eigenvalue weighted by Gasteiger charge is -2.20. The SMILES string of the molecule is CC1C(=O)C=C2N(C)c3ccccc3N21. The van der Waals surface area contributed by atoms with E-state index in [1.54, 1.807) is 6.08 Å². The van der Waals surface area contributed by atoms with Crippen LogP contribution in [0.4, 0.5) is 11.4 Å². The molecule has 0 radical (unpaired) electrons. The highest BCUT2D eigenvalue weighted by Crippen LogP contribution is 2.43. The zero-order chi connectivity index (χ0) is 10.6. The summed E-state index contributed by atoms with van der Waals surface area (Å²) >= 11 is 0. The van der Waals surface area contributed by atoms with Crippen molar-refractivity contribution >= 4 is 17.2 Å². The second-order valence-electron chi connectivity index (χ2n) is 4.00. The molecule has 2 aliphatic heterocycles. The van der Waals surface area contributed by atoms with Gasteiger partial charge >= 0.3 is 0 Å². The minimum atomic E-state index is -0.0638. The van der Waals surface area contributed by atoms with Gasteiger partial charge in [0.15, 0.2) is 5.78 Å². The molecule has 2 heterocycles. The maximum Gasteiger partial charge on any atom is 0.181 e. The molecule has 0 fully saturated rings. The first-order chi connectivity index (χ1) is 7.20. The van der Waals surface area contributed by atoms with Gasteiger partial charge in [-0.05, 0) is 19.1 Å². The summed E-state index contributed by atoms with van der Waals surface area (Å²) in [5, 5.41) is 0. The molecule has 2 aliphatic rings. The van der Waals surface area contributed by atoms with Crippen molar-refractivity contribution in [2.75, 3.05) is 16.8 Å². The summed E-state index contributed by atoms with van der Waals surface area (Å²) in [4.78, 5) is 15.8. The number of ketones is 1. The lowest BCUT2D eigenvalue weighted by Crippen LogP contribution is -2.31. The monoisotopic (exact) mass is 200 g/mol. The summed E-state index contributed by atoms with van der Waals surface area (Å²) < 4.78 is 0. The van der Waals surface area contributed by atoms with Gasteiger partial charge in [0, 0.05) is 13.1 Å². The molecular weight excluding hydrogens is 188 g/mol. The van der Waals surface area contributed by atoms with Gasteiger partial charge in [0.1, 0.15) is 5.82 Å². The minimum absolute atomic E-state index is 0.0638. The number of nitrogens with zero attached hydrogens (tertiary/aromatic N) is 2. The largest absolute Gasteiger partial charge is 0.329 e. The number of para-hydroxylation sites is 2. The summed E-state index contributed by atoms with van der Waals surface area (Å²) in [6.07, 6.45) is 1.73. The number of hydrogen-bond acceptors (Lipinski definition) is 3. The summed E-state index contributed by atoms with van der Waals surface area (Å²) in [7, 11) is 2.00. The van der Waals surface area contributed by atoms with Gasteiger partial charge in [-0.3, -0.25) is 4.79 Å². The number of carbonyl (C=O) groups excluding carboxylic acids is 1. The predicted octanol–water partition coefficient (Wildman–Crippen LogP) is 1.76. The maximum absolute atomic E-state index is 11.6. The Bertz CT molecular complexity index is 478. The van der Waals surface area contributed by atoms with Crippen LogP contribution in [-0.4, -0.2) is 18.9 Å². The van der Waals surface area contributed by atoms with E-state index in [1.807, 2.05) is 26.1 Å². The Morgan fingerprint density at radius 3 is 2.60 bits per heavy atom. The van der Waals surface area contributed by atoms with Gasteiger partial charge < -0.3 is 9.80 Å². The van der Waals surface area contributed by atoms with Crippen LogP contribution in [0.15, 0.2) is 36.2 Å². The van der Waals surface area contributed by atoms with Crippen molar-refractivity contribution < 1.29 is 4.79 Å². The van der Waals surface area contributed by atoms with Crippen LogP contribution in [0, 0.1) is 0 Å². The molecule has 1 atom stereocenters. The fraction of sp³-hybridized carbons (Fsp3) is 0.250. The molecule has 3 nitrogen and oxygen atoms in total. The Labute approximate surface area is 88.6 Å². The van der Waals surface area contributed by atoms with Gasteiger partial charge in [0.25, 0.3) is 0 Å². The number of anilines is 2. The van der Waals surface area contributed by atoms with Crippen LogP contribution >= 0.6 is 0 Å². The van der Waals surface area contributed by atoms with E-state index in [9.17, 15) is 4.79 Å². The molecule has 0 amide bonds. The third-order valence-corrected chi connectivity index (χ3v) is 3.16. The normalized spacial score (nSPS) is 22.9. The lowest BCUT2D eigenvalue weighted by molar-refractivity contribution is -0.114. The van der Waals surface area contributed by atoms with Crippen LogP contribution in [0.1, 0.15) is 6.92 Å². The van der Waals surface area contributed by atoms with Crippen LogP contribution < -0.4 is 9.80 Å². The average Bonchev–Trinajstić information content (AvgIpc) is 2.68. The van der Waals surface area contributed by atoms with Crippen LogP contribution in [0.25, 0.3) is 0 Å². The van der Waals surface area contributed by atoms with Gasteiger partial charge in [-0.2, -0.15) is 0 Å². The molecule has 1 aromatic rings. The second-order valence-corrected chi connectivity index (χ2v) is 4.00. The molecule has 1 unspecified atom stereocenters. The van der Waals surface area contributed by atoms with E-state index >= 15 is 0 Å². The fourth-order valence-corrected chi connectivity index (χ4v) is 2.31. The molecule has 1 aromatic carbocycles. The molecule has 3 rings (SSSR count). The average molecular weight is 200 g/mol. The first-order valence-electron chi connectivity index (χ1n) is 5.07. The molecule has 3 heteroatoms. The van der Waals surface area contributed by atoms with Gasteiger partial charge in [0.05, 0.1) is 17.4 Å². The predicted molar refractivity (Wildman–Crippen MR) is 59.9 cm³/mol. The highest BCUT2D eigenvalue weighted by atomic mass is 16.1. The number of hydrogen-bond donors (Lipinski definition) is 0. The highest BCUT2D eigenvalue weighted by molar-refractivity contribution is 6.05. The molecule has 0 spiro atoms. The van der Waals surface area contributed by atoms with Gasteiger partial charge in [-0.15, -0.1) is 0 Å². The second kappa shape index (κ2) is 2.63. The van der Waals surface area contributed by atoms with Crippen molar-refractivity contribution in [2.45, 2.75) is 13.0 Å². The Morgan fingerprint density at radius 2 is 1.87 bits per heavy atom. The number of carbonyl (C=O) groups is 1. The van der Waals surface area contributed by atoms with Crippen molar-refractivity contribution in [3.8, 4) is 0 Å². The zero-order valence-corrected chi connectivity index (χ0v) is 8.77. The van der Waals surface area contributed by atoms with Crippen molar-refractivity contribution in [3.05, 3.63) is 36.2 Å². The molecule has 0 saturated heterocycles. The lowest BCUT2D eigenvalue weighted by atomic mass is 10.2. The standard InChI is InChI=1S/C12H12N2O/c1-8-11(15)7-12-13(2)9-5-3-4-6-10(9)14(8)12/h3-8H,1-2H3. The third kappa shape index (κ3) is 0.923. The number of benzene rings is 1. The number of fused-ring (bicyclic) bond motifs is 3. The van der Waals surface area contributed by atoms with Gasteiger partial charge in [-0.1, -0.05) is 12.1 Å². The summed E-state index contributed by atoms with van der Waals surface area (Å²) in [6.45, 7) is 1.95. The van der Waals surface area contributed by atoms with E-state index in [1.165, 1.54) is 5.69 Å². The Hall–Kier alpha value is -1.77. The van der Waals surface area contributed by atoms with Gasteiger partial charge in [0.2, 0.25) is 0 Å². The molecule has 0 aromatic heterocycles. The first-order valence-corrected chi connectivity index (χ1v) is 5.07. The Morgan fingerprint density at radius 1 is 1.20 bits per heavy atom. The van der Waals surface area contributed by atoms with E-state index in [0.29, 0.717) is 0 Å². The van der Waals surface area contributed by atoms with Crippen LogP contribution in [0.5, 0.6) is 0 Å². The quantitative estimate of drug-likeness (QED) is 0.637. The summed E-state index contributed by atoms with van der Waals surface area (Å²) in [6, 6.07) is 8.09. The van der Waals surface area contributed by atoms with E-state index in [2.05, 4.69) is 21.9 Å². The molecule has 0 bridgehead atoms. The first kappa shape index (κ1) is 8.53. The molecule has 0 saturated carbocycles. The fourth-order valence-electron chi connectivity index (χ4n) is 2.31. The minimum Gasteiger partial charge on any atom is -0.329 e. The highest BCUT2D eigenvalue weighted by Gasteiger charge is 2.39. The number of rotatable bonds is 0. The molecule has 0 N–H and O–H groups in total. The molecule has 0 aliphatic carbocycles. The van der Waals surface area contributed by atoms with E-state index < -0.39 is 0 Å². The summed E-state index contributed by atoms with van der Waals surface area (Å²) in [5.41, 5.74) is 2.30. The van der Waals surface area contributed by atoms with Crippen LogP contribution in [0.2, 0.25) is 0 Å². The van der Waals surface area contributed by atoms with Crippen molar-refractivity contribution in [1.29, 1.82) is 0 Å². The van der Waals surface area contributed by atoms with Crippen LogP contribution in [-0.2, 0) is 4.79 Å². The van der Waals surface area contributed by atoms with Crippen molar-refractivity contribution in [1.82, 2.24) is 0 Å². The Balaban J connectivity index is 2.21. The maximum atomic E-state index is 11.6.